The number of nitriles is 1. The number of nitrogens with two attached hydrogens (primary N) is 1. The van der Waals surface area contributed by atoms with Gasteiger partial charge in [-0.15, -0.1) is 0 Å². The Morgan fingerprint density at radius 3 is 2.50 bits per heavy atom. The lowest BCUT2D eigenvalue weighted by atomic mass is 10.0. The van der Waals surface area contributed by atoms with Crippen LogP contribution in [0.15, 0.2) is 0 Å². The zero-order valence-corrected chi connectivity index (χ0v) is 13.7. The number of likely N-dealkylation sites (tertiary alicyclic amines) is 1. The van der Waals surface area contributed by atoms with E-state index in [9.17, 15) is 9.00 Å². The minimum Gasteiger partial charge on any atom is -0.322 e. The highest BCUT2D eigenvalue weighted by atomic mass is 32.2. The first-order chi connectivity index (χ1) is 9.09. The summed E-state index contributed by atoms with van der Waals surface area (Å²) >= 11 is 0. The molecule has 5 nitrogen and oxygen atoms in total. The van der Waals surface area contributed by atoms with E-state index < -0.39 is 27.6 Å². The largest absolute Gasteiger partial charge is 0.322 e. The molecule has 1 saturated heterocycles. The van der Waals surface area contributed by atoms with E-state index in [1.165, 1.54) is 0 Å². The first kappa shape index (κ1) is 17.1. The van der Waals surface area contributed by atoms with Crippen LogP contribution in [0.3, 0.4) is 0 Å². The van der Waals surface area contributed by atoms with Crippen molar-refractivity contribution >= 4 is 16.7 Å². The third-order valence-electron chi connectivity index (χ3n) is 3.93. The lowest BCUT2D eigenvalue weighted by Crippen LogP contribution is -2.51. The SMILES string of the molecule is CC1C[C@@H](C#N)N(C(=O)C(N)CS(=O)C(C)(C)C)C1C. The lowest BCUT2D eigenvalue weighted by molar-refractivity contribution is -0.134. The number of nitrogens with zero attached hydrogens (tertiary/aromatic N) is 2. The van der Waals surface area contributed by atoms with Gasteiger partial charge in [-0.1, -0.05) is 6.92 Å². The van der Waals surface area contributed by atoms with E-state index in [-0.39, 0.29) is 23.6 Å². The van der Waals surface area contributed by atoms with Crippen molar-refractivity contribution in [3.8, 4) is 6.07 Å². The average molecular weight is 299 g/mol. The second-order valence-electron chi connectivity index (χ2n) is 6.58. The lowest BCUT2D eigenvalue weighted by Gasteiger charge is -2.29. The molecule has 0 aromatic carbocycles. The summed E-state index contributed by atoms with van der Waals surface area (Å²) in [6.45, 7) is 9.55. The maximum Gasteiger partial charge on any atom is 0.241 e. The van der Waals surface area contributed by atoms with Crippen molar-refractivity contribution in [3.05, 3.63) is 0 Å². The average Bonchev–Trinajstić information content (AvgIpc) is 2.63. The van der Waals surface area contributed by atoms with Crippen LogP contribution in [0.4, 0.5) is 0 Å². The number of carbonyl (C=O) groups is 1. The Bertz CT molecular complexity index is 439. The molecule has 2 N–H and O–H groups in total. The minimum atomic E-state index is -1.18. The fraction of sp³-hybridized carbons (Fsp3) is 0.857. The molecule has 6 heteroatoms. The molecule has 1 aliphatic rings. The first-order valence-corrected chi connectivity index (χ1v) is 8.27. The number of amides is 1. The van der Waals surface area contributed by atoms with Crippen LogP contribution >= 0.6 is 0 Å². The summed E-state index contributed by atoms with van der Waals surface area (Å²) in [6, 6.07) is 0.947. The van der Waals surface area contributed by atoms with E-state index in [4.69, 9.17) is 11.0 Å². The van der Waals surface area contributed by atoms with Crippen LogP contribution in [0.5, 0.6) is 0 Å². The molecule has 1 heterocycles. The highest BCUT2D eigenvalue weighted by Crippen LogP contribution is 2.29. The Labute approximate surface area is 124 Å². The third-order valence-corrected chi connectivity index (χ3v) is 5.96. The normalized spacial score (nSPS) is 29.9. The molecular formula is C14H25N3O2S. The summed E-state index contributed by atoms with van der Waals surface area (Å²) in [6.07, 6.45) is 0.679. The molecule has 0 aromatic heterocycles. The molecule has 114 valence electrons. The Balaban J connectivity index is 2.79. The highest BCUT2D eigenvalue weighted by Gasteiger charge is 2.41. The van der Waals surface area contributed by atoms with Gasteiger partial charge in [0, 0.05) is 27.3 Å². The number of hydrogen-bond donors (Lipinski definition) is 1. The van der Waals surface area contributed by atoms with Crippen LogP contribution < -0.4 is 5.73 Å². The summed E-state index contributed by atoms with van der Waals surface area (Å²) in [4.78, 5) is 14.0. The van der Waals surface area contributed by atoms with Crippen molar-refractivity contribution in [1.82, 2.24) is 4.90 Å². The molecule has 0 spiro atoms. The molecule has 20 heavy (non-hydrogen) atoms. The highest BCUT2D eigenvalue weighted by molar-refractivity contribution is 7.86. The van der Waals surface area contributed by atoms with Crippen LogP contribution in [0.2, 0.25) is 0 Å². The summed E-state index contributed by atoms with van der Waals surface area (Å²) in [5, 5.41) is 9.17. The van der Waals surface area contributed by atoms with Crippen LogP contribution in [0.25, 0.3) is 0 Å². The first-order valence-electron chi connectivity index (χ1n) is 6.95. The zero-order chi connectivity index (χ0) is 15.7. The van der Waals surface area contributed by atoms with Crippen molar-refractivity contribution in [2.24, 2.45) is 11.7 Å². The van der Waals surface area contributed by atoms with Crippen molar-refractivity contribution in [2.75, 3.05) is 5.75 Å². The molecule has 5 atom stereocenters. The topological polar surface area (TPSA) is 87.2 Å². The van der Waals surface area contributed by atoms with Gasteiger partial charge in [-0.05, 0) is 40.0 Å². The van der Waals surface area contributed by atoms with Gasteiger partial charge in [-0.2, -0.15) is 5.26 Å². The van der Waals surface area contributed by atoms with E-state index >= 15 is 0 Å². The Hall–Kier alpha value is -0.930. The minimum absolute atomic E-state index is 0.00118. The number of hydrogen-bond acceptors (Lipinski definition) is 4. The van der Waals surface area contributed by atoms with Gasteiger partial charge in [0.25, 0.3) is 0 Å². The summed E-state index contributed by atoms with van der Waals surface area (Å²) in [5.41, 5.74) is 5.93. The predicted octanol–water partition coefficient (Wildman–Crippen LogP) is 1.01. The van der Waals surface area contributed by atoms with Gasteiger partial charge in [-0.25, -0.2) is 0 Å². The summed E-state index contributed by atoms with van der Waals surface area (Å²) in [5.74, 6) is 0.160. The molecule has 0 saturated carbocycles. The van der Waals surface area contributed by atoms with E-state index in [1.54, 1.807) is 4.90 Å². The monoisotopic (exact) mass is 299 g/mol. The summed E-state index contributed by atoms with van der Waals surface area (Å²) in [7, 11) is -1.18. The molecule has 0 radical (unpaired) electrons. The maximum absolute atomic E-state index is 12.4. The fourth-order valence-corrected chi connectivity index (χ4v) is 3.33. The molecule has 0 aliphatic carbocycles. The second kappa shape index (κ2) is 6.23. The Morgan fingerprint density at radius 2 is 2.05 bits per heavy atom. The Morgan fingerprint density at radius 1 is 1.50 bits per heavy atom. The number of carbonyl (C=O) groups excluding carboxylic acids is 1. The predicted molar refractivity (Wildman–Crippen MR) is 80.2 cm³/mol. The van der Waals surface area contributed by atoms with E-state index in [1.807, 2.05) is 34.6 Å². The van der Waals surface area contributed by atoms with E-state index in [2.05, 4.69) is 6.07 Å². The molecule has 4 unspecified atom stereocenters. The zero-order valence-electron chi connectivity index (χ0n) is 12.9. The van der Waals surface area contributed by atoms with Gasteiger partial charge in [0.05, 0.1) is 12.1 Å². The van der Waals surface area contributed by atoms with Crippen LogP contribution in [-0.4, -0.2) is 43.6 Å². The maximum atomic E-state index is 12.4. The van der Waals surface area contributed by atoms with Gasteiger partial charge >= 0.3 is 0 Å². The number of rotatable bonds is 3. The quantitative estimate of drug-likeness (QED) is 0.842. The fourth-order valence-electron chi connectivity index (χ4n) is 2.37. The molecule has 1 fully saturated rings. The third kappa shape index (κ3) is 3.58. The molecule has 1 rings (SSSR count). The van der Waals surface area contributed by atoms with Crippen LogP contribution in [-0.2, 0) is 15.6 Å². The van der Waals surface area contributed by atoms with Gasteiger partial charge in [0.2, 0.25) is 5.91 Å². The van der Waals surface area contributed by atoms with Crippen molar-refractivity contribution in [2.45, 2.75) is 63.9 Å². The standard InChI is InChI=1S/C14H25N3O2S/c1-9-6-11(7-15)17(10(9)2)13(18)12(16)8-20(19)14(3,4)5/h9-12H,6,8,16H2,1-5H3/t9?,10?,11-,12?,20?/m0/s1. The molecule has 1 amide bonds. The van der Waals surface area contributed by atoms with Crippen LogP contribution in [0.1, 0.15) is 41.0 Å². The van der Waals surface area contributed by atoms with E-state index in [0.29, 0.717) is 6.42 Å². The van der Waals surface area contributed by atoms with Crippen molar-refractivity contribution in [3.63, 3.8) is 0 Å². The van der Waals surface area contributed by atoms with E-state index in [0.717, 1.165) is 0 Å². The molecule has 0 bridgehead atoms. The molecular weight excluding hydrogens is 274 g/mol. The summed E-state index contributed by atoms with van der Waals surface area (Å²) < 4.78 is 11.7. The Kier molecular flexibility index (Phi) is 5.33. The molecule has 0 aromatic rings. The van der Waals surface area contributed by atoms with Gasteiger partial charge < -0.3 is 10.6 Å². The smallest absolute Gasteiger partial charge is 0.241 e. The van der Waals surface area contributed by atoms with Gasteiger partial charge in [0.15, 0.2) is 0 Å². The van der Waals surface area contributed by atoms with Crippen molar-refractivity contribution in [1.29, 1.82) is 5.26 Å². The second-order valence-corrected chi connectivity index (χ2v) is 8.82. The van der Waals surface area contributed by atoms with Crippen LogP contribution in [0, 0.1) is 17.2 Å². The van der Waals surface area contributed by atoms with Crippen molar-refractivity contribution < 1.29 is 9.00 Å². The molecule has 1 aliphatic heterocycles. The van der Waals surface area contributed by atoms with Gasteiger partial charge in [-0.3, -0.25) is 9.00 Å². The van der Waals surface area contributed by atoms with Gasteiger partial charge in [0.1, 0.15) is 6.04 Å².